The number of sulfonamides is 1. The summed E-state index contributed by atoms with van der Waals surface area (Å²) in [4.78, 5) is 14.4. The number of benzene rings is 2. The zero-order valence-electron chi connectivity index (χ0n) is 15.9. The fourth-order valence-electron chi connectivity index (χ4n) is 2.90. The number of nitrogens with one attached hydrogen (secondary N) is 1. The summed E-state index contributed by atoms with van der Waals surface area (Å²) in [5.41, 5.74) is 2.53. The highest BCUT2D eigenvalue weighted by molar-refractivity contribution is 8.15. The summed E-state index contributed by atoms with van der Waals surface area (Å²) in [6, 6.07) is 14.5. The number of fused-ring (bicyclic) bond motifs is 1. The normalized spacial score (nSPS) is 14.9. The molecule has 28 heavy (non-hydrogen) atoms. The number of carbonyl (C=O) groups is 1. The van der Waals surface area contributed by atoms with E-state index < -0.39 is 10.0 Å². The molecule has 148 valence electrons. The van der Waals surface area contributed by atoms with E-state index >= 15 is 0 Å². The van der Waals surface area contributed by atoms with Crippen LogP contribution in [0.25, 0.3) is 0 Å². The molecule has 0 radical (unpaired) electrons. The molecule has 1 N–H and O–H groups in total. The molecular weight excluding hydrogens is 394 g/mol. The third-order valence-corrected chi connectivity index (χ3v) is 6.69. The molecule has 0 aromatic heterocycles. The lowest BCUT2D eigenvalue weighted by molar-refractivity contribution is -0.113. The summed E-state index contributed by atoms with van der Waals surface area (Å²) in [6.45, 7) is 4.71. The Morgan fingerprint density at radius 3 is 2.50 bits per heavy atom. The zero-order chi connectivity index (χ0) is 20.1. The van der Waals surface area contributed by atoms with Gasteiger partial charge in [0.2, 0.25) is 5.91 Å². The Morgan fingerprint density at radius 1 is 1.11 bits per heavy atom. The molecule has 0 unspecified atom stereocenters. The number of hydrogen-bond donors (Lipinski definition) is 1. The number of amidine groups is 1. The Balaban J connectivity index is 1.73. The maximum Gasteiger partial charge on any atom is 0.286 e. The van der Waals surface area contributed by atoms with E-state index in [0.717, 1.165) is 30.3 Å². The number of para-hydroxylation sites is 1. The first-order valence-corrected chi connectivity index (χ1v) is 11.6. The average Bonchev–Trinajstić information content (AvgIpc) is 2.69. The summed E-state index contributed by atoms with van der Waals surface area (Å²) in [5.74, 6) is -0.128. The van der Waals surface area contributed by atoms with Crippen LogP contribution >= 0.6 is 11.8 Å². The molecule has 6 nitrogen and oxygen atoms in total. The Labute approximate surface area is 170 Å². The molecule has 2 aromatic carbocycles. The molecule has 0 atom stereocenters. The first kappa shape index (κ1) is 20.4. The molecule has 0 fully saturated rings. The van der Waals surface area contributed by atoms with Crippen molar-refractivity contribution >= 4 is 44.2 Å². The van der Waals surface area contributed by atoms with Gasteiger partial charge in [-0.25, -0.2) is 0 Å². The van der Waals surface area contributed by atoms with Crippen molar-refractivity contribution in [2.45, 2.75) is 31.6 Å². The van der Waals surface area contributed by atoms with Crippen molar-refractivity contribution in [1.29, 1.82) is 0 Å². The monoisotopic (exact) mass is 417 g/mol. The number of amides is 1. The SMILES string of the molecule is CCCN1C(SCC(=O)Nc2ccc(CC)cc2)=NS(=O)(=O)c2ccccc21. The van der Waals surface area contributed by atoms with Crippen LogP contribution in [0.4, 0.5) is 11.4 Å². The fraction of sp³-hybridized carbons (Fsp3) is 0.300. The van der Waals surface area contributed by atoms with E-state index in [0.29, 0.717) is 17.4 Å². The van der Waals surface area contributed by atoms with Crippen LogP contribution in [0.3, 0.4) is 0 Å². The lowest BCUT2D eigenvalue weighted by atomic mass is 10.1. The maximum absolute atomic E-state index is 12.5. The van der Waals surface area contributed by atoms with Crippen molar-refractivity contribution < 1.29 is 13.2 Å². The quantitative estimate of drug-likeness (QED) is 0.771. The lowest BCUT2D eigenvalue weighted by Crippen LogP contribution is -2.35. The van der Waals surface area contributed by atoms with Gasteiger partial charge in [0.15, 0.2) is 5.17 Å². The molecule has 3 rings (SSSR count). The van der Waals surface area contributed by atoms with Crippen LogP contribution in [-0.4, -0.2) is 31.8 Å². The third kappa shape index (κ3) is 4.56. The second-order valence-electron chi connectivity index (χ2n) is 6.36. The van der Waals surface area contributed by atoms with Crippen LogP contribution in [0.2, 0.25) is 0 Å². The van der Waals surface area contributed by atoms with Crippen LogP contribution in [0, 0.1) is 0 Å². The van der Waals surface area contributed by atoms with E-state index in [4.69, 9.17) is 0 Å². The van der Waals surface area contributed by atoms with Gasteiger partial charge in [-0.2, -0.15) is 8.42 Å². The average molecular weight is 418 g/mol. The van der Waals surface area contributed by atoms with Crippen LogP contribution in [0.5, 0.6) is 0 Å². The minimum atomic E-state index is -3.76. The first-order chi connectivity index (χ1) is 13.4. The van der Waals surface area contributed by atoms with Crippen LogP contribution in [0.15, 0.2) is 57.8 Å². The van der Waals surface area contributed by atoms with E-state index in [2.05, 4.69) is 16.6 Å². The van der Waals surface area contributed by atoms with Gasteiger partial charge in [0.25, 0.3) is 10.0 Å². The summed E-state index contributed by atoms with van der Waals surface area (Å²) in [5, 5.41) is 3.17. The molecule has 0 aliphatic carbocycles. The highest BCUT2D eigenvalue weighted by atomic mass is 32.2. The lowest BCUT2D eigenvalue weighted by Gasteiger charge is -2.29. The van der Waals surface area contributed by atoms with Gasteiger partial charge in [-0.1, -0.05) is 49.9 Å². The van der Waals surface area contributed by atoms with Gasteiger partial charge >= 0.3 is 0 Å². The summed E-state index contributed by atoms with van der Waals surface area (Å²) in [7, 11) is -3.76. The number of carbonyl (C=O) groups excluding carboxylic acids is 1. The van der Waals surface area contributed by atoms with Gasteiger partial charge in [0.05, 0.1) is 11.4 Å². The second-order valence-corrected chi connectivity index (χ2v) is 8.87. The predicted octanol–water partition coefficient (Wildman–Crippen LogP) is 3.90. The molecule has 0 spiro atoms. The minimum Gasteiger partial charge on any atom is -0.325 e. The number of nitrogens with zero attached hydrogens (tertiary/aromatic N) is 2. The topological polar surface area (TPSA) is 78.8 Å². The van der Waals surface area contributed by atoms with Crippen molar-refractivity contribution in [1.82, 2.24) is 0 Å². The van der Waals surface area contributed by atoms with Crippen molar-refractivity contribution in [2.24, 2.45) is 4.40 Å². The number of anilines is 2. The number of rotatable bonds is 6. The van der Waals surface area contributed by atoms with Gasteiger partial charge in [0.1, 0.15) is 4.90 Å². The molecule has 0 bridgehead atoms. The molecule has 0 saturated heterocycles. The molecule has 8 heteroatoms. The van der Waals surface area contributed by atoms with Crippen LogP contribution < -0.4 is 10.2 Å². The molecule has 1 amide bonds. The first-order valence-electron chi connectivity index (χ1n) is 9.17. The highest BCUT2D eigenvalue weighted by Crippen LogP contribution is 2.34. The molecule has 1 aliphatic heterocycles. The highest BCUT2D eigenvalue weighted by Gasteiger charge is 2.30. The summed E-state index contributed by atoms with van der Waals surface area (Å²) >= 11 is 1.13. The second kappa shape index (κ2) is 8.79. The molecule has 2 aromatic rings. The van der Waals surface area contributed by atoms with Gasteiger partial charge in [-0.05, 0) is 42.7 Å². The number of thioether (sulfide) groups is 1. The Bertz CT molecular complexity index is 986. The summed E-state index contributed by atoms with van der Waals surface area (Å²) < 4.78 is 29.0. The van der Waals surface area contributed by atoms with Crippen molar-refractivity contribution in [2.75, 3.05) is 22.5 Å². The number of hydrogen-bond acceptors (Lipinski definition) is 5. The standard InChI is InChI=1S/C20H23N3O3S2/c1-3-13-23-17-7-5-6-8-18(17)28(25,26)22-20(23)27-14-19(24)21-16-11-9-15(4-2)10-12-16/h5-12H,3-4,13-14H2,1-2H3,(H,21,24). The molecular formula is C20H23N3O3S2. The van der Waals surface area contributed by atoms with Crippen LogP contribution in [-0.2, 0) is 21.2 Å². The van der Waals surface area contributed by atoms with Crippen molar-refractivity contribution in [3.8, 4) is 0 Å². The molecule has 1 aliphatic rings. The van der Waals surface area contributed by atoms with E-state index in [-0.39, 0.29) is 16.6 Å². The van der Waals surface area contributed by atoms with E-state index in [1.54, 1.807) is 24.3 Å². The molecule has 1 heterocycles. The Kier molecular flexibility index (Phi) is 6.41. The third-order valence-electron chi connectivity index (χ3n) is 4.29. The van der Waals surface area contributed by atoms with Crippen LogP contribution in [0.1, 0.15) is 25.8 Å². The minimum absolute atomic E-state index is 0.0757. The van der Waals surface area contributed by atoms with Crippen molar-refractivity contribution in [3.05, 3.63) is 54.1 Å². The van der Waals surface area contributed by atoms with E-state index in [1.807, 2.05) is 36.1 Å². The van der Waals surface area contributed by atoms with Gasteiger partial charge in [0, 0.05) is 12.2 Å². The molecule has 0 saturated carbocycles. The fourth-order valence-corrected chi connectivity index (χ4v) is 5.18. The van der Waals surface area contributed by atoms with E-state index in [1.165, 1.54) is 5.56 Å². The van der Waals surface area contributed by atoms with Gasteiger partial charge in [-0.3, -0.25) is 4.79 Å². The van der Waals surface area contributed by atoms with E-state index in [9.17, 15) is 13.2 Å². The number of aryl methyl sites for hydroxylation is 1. The maximum atomic E-state index is 12.5. The zero-order valence-corrected chi connectivity index (χ0v) is 17.5. The van der Waals surface area contributed by atoms with Gasteiger partial charge in [-0.15, -0.1) is 4.40 Å². The smallest absolute Gasteiger partial charge is 0.286 e. The largest absolute Gasteiger partial charge is 0.325 e. The predicted molar refractivity (Wildman–Crippen MR) is 116 cm³/mol. The summed E-state index contributed by atoms with van der Waals surface area (Å²) in [6.07, 6.45) is 1.76. The Hall–Kier alpha value is -2.32. The Morgan fingerprint density at radius 2 is 1.82 bits per heavy atom. The van der Waals surface area contributed by atoms with Gasteiger partial charge < -0.3 is 10.2 Å². The van der Waals surface area contributed by atoms with Crippen molar-refractivity contribution in [3.63, 3.8) is 0 Å².